The summed E-state index contributed by atoms with van der Waals surface area (Å²) in [5, 5.41) is 3.03. The lowest BCUT2D eigenvalue weighted by Gasteiger charge is -2.34. The molecule has 0 bridgehead atoms. The maximum Gasteiger partial charge on any atom is 0.243 e. The molecule has 9 heteroatoms. The van der Waals surface area contributed by atoms with Crippen molar-refractivity contribution < 1.29 is 12.8 Å². The zero-order valence-electron chi connectivity index (χ0n) is 15.6. The second-order valence-electron chi connectivity index (χ2n) is 6.73. The van der Waals surface area contributed by atoms with Crippen molar-refractivity contribution in [2.45, 2.75) is 30.2 Å². The Labute approximate surface area is 168 Å². The molecule has 150 valence electrons. The highest BCUT2D eigenvalue weighted by Gasteiger charge is 2.35. The number of nitrogens with one attached hydrogen (secondary N) is 1. The lowest BCUT2D eigenvalue weighted by atomic mass is 10.0. The van der Waals surface area contributed by atoms with Crippen molar-refractivity contribution in [2.75, 3.05) is 11.9 Å². The number of sulfonamides is 1. The fourth-order valence-corrected chi connectivity index (χ4v) is 5.07. The maximum absolute atomic E-state index is 13.2. The first-order valence-corrected chi connectivity index (χ1v) is 10.8. The van der Waals surface area contributed by atoms with E-state index >= 15 is 0 Å². The molecule has 1 fully saturated rings. The Morgan fingerprint density at radius 2 is 1.83 bits per heavy atom. The van der Waals surface area contributed by atoms with E-state index in [-0.39, 0.29) is 4.90 Å². The summed E-state index contributed by atoms with van der Waals surface area (Å²) in [7, 11) is -3.77. The minimum Gasteiger partial charge on any atom is -0.309 e. The summed E-state index contributed by atoms with van der Waals surface area (Å²) in [6.45, 7) is 0.386. The van der Waals surface area contributed by atoms with E-state index in [2.05, 4.69) is 20.3 Å². The fraction of sp³-hybridized carbons (Fsp3) is 0.250. The molecule has 1 aliphatic heterocycles. The van der Waals surface area contributed by atoms with Crippen LogP contribution in [0.15, 0.2) is 65.8 Å². The summed E-state index contributed by atoms with van der Waals surface area (Å²) in [4.78, 5) is 13.0. The van der Waals surface area contributed by atoms with Crippen LogP contribution in [0.25, 0.3) is 0 Å². The van der Waals surface area contributed by atoms with Gasteiger partial charge in [0, 0.05) is 18.9 Å². The van der Waals surface area contributed by atoms with Gasteiger partial charge in [-0.05, 0) is 55.3 Å². The molecule has 1 N–H and O–H groups in total. The molecule has 3 aromatic rings. The van der Waals surface area contributed by atoms with Crippen molar-refractivity contribution in [1.82, 2.24) is 19.3 Å². The SMILES string of the molecule is O=S(=O)(c1ccc(F)cc1)N1CCCCC1c1ccnc(Nc2ccccn2)n1. The van der Waals surface area contributed by atoms with Gasteiger partial charge in [0.1, 0.15) is 11.6 Å². The van der Waals surface area contributed by atoms with E-state index in [4.69, 9.17) is 0 Å². The Bertz CT molecular complexity index is 1080. The minimum atomic E-state index is -3.77. The minimum absolute atomic E-state index is 0.0756. The molecule has 3 heterocycles. The van der Waals surface area contributed by atoms with Crippen LogP contribution < -0.4 is 5.32 Å². The number of nitrogens with zero attached hydrogens (tertiary/aromatic N) is 4. The molecule has 0 spiro atoms. The van der Waals surface area contributed by atoms with Crippen LogP contribution in [0.2, 0.25) is 0 Å². The molecule has 1 aliphatic rings. The smallest absolute Gasteiger partial charge is 0.243 e. The van der Waals surface area contributed by atoms with Crippen LogP contribution in [0.5, 0.6) is 0 Å². The standard InChI is InChI=1S/C20H20FN5O2S/c21-15-7-9-16(10-8-15)29(27,28)26-14-4-2-5-18(26)17-11-13-23-20(24-17)25-19-6-1-3-12-22-19/h1,3,6-13,18H,2,4-5,14H2,(H,22,23,24,25). The van der Waals surface area contributed by atoms with Crippen LogP contribution in [0.3, 0.4) is 0 Å². The zero-order chi connectivity index (χ0) is 20.3. The predicted molar refractivity (Wildman–Crippen MR) is 106 cm³/mol. The van der Waals surface area contributed by atoms with Gasteiger partial charge in [-0.15, -0.1) is 0 Å². The maximum atomic E-state index is 13.2. The number of benzene rings is 1. The third-order valence-electron chi connectivity index (χ3n) is 4.80. The number of aromatic nitrogens is 3. The molecule has 7 nitrogen and oxygen atoms in total. The molecule has 1 unspecified atom stereocenters. The van der Waals surface area contributed by atoms with Crippen molar-refractivity contribution >= 4 is 21.8 Å². The number of rotatable bonds is 5. The molecule has 0 amide bonds. The van der Waals surface area contributed by atoms with E-state index in [1.54, 1.807) is 24.5 Å². The first kappa shape index (κ1) is 19.4. The Morgan fingerprint density at radius 3 is 2.59 bits per heavy atom. The van der Waals surface area contributed by atoms with Crippen molar-refractivity contribution in [2.24, 2.45) is 0 Å². The highest BCUT2D eigenvalue weighted by molar-refractivity contribution is 7.89. The molecule has 0 aliphatic carbocycles. The average molecular weight is 413 g/mol. The number of anilines is 2. The molecule has 1 aromatic carbocycles. The van der Waals surface area contributed by atoms with Gasteiger partial charge in [0.2, 0.25) is 16.0 Å². The number of hydrogen-bond acceptors (Lipinski definition) is 6. The number of pyridine rings is 1. The van der Waals surface area contributed by atoms with E-state index in [1.807, 2.05) is 12.1 Å². The van der Waals surface area contributed by atoms with Gasteiger partial charge in [-0.3, -0.25) is 0 Å². The molecular weight excluding hydrogens is 393 g/mol. The first-order valence-electron chi connectivity index (χ1n) is 9.32. The average Bonchev–Trinajstić information content (AvgIpc) is 2.75. The topological polar surface area (TPSA) is 88.1 Å². The third-order valence-corrected chi connectivity index (χ3v) is 6.72. The Kier molecular flexibility index (Phi) is 5.50. The number of hydrogen-bond donors (Lipinski definition) is 1. The molecule has 0 radical (unpaired) electrons. The second-order valence-corrected chi connectivity index (χ2v) is 8.62. The summed E-state index contributed by atoms with van der Waals surface area (Å²) in [5.41, 5.74) is 0.615. The fourth-order valence-electron chi connectivity index (χ4n) is 3.40. The second kappa shape index (κ2) is 8.22. The van der Waals surface area contributed by atoms with Crippen molar-refractivity contribution in [3.63, 3.8) is 0 Å². The summed E-state index contributed by atoms with van der Waals surface area (Å²) < 4.78 is 41.1. The molecular formula is C20H20FN5O2S. The Morgan fingerprint density at radius 1 is 1.00 bits per heavy atom. The van der Waals surface area contributed by atoms with Gasteiger partial charge in [0.25, 0.3) is 0 Å². The van der Waals surface area contributed by atoms with Gasteiger partial charge >= 0.3 is 0 Å². The number of halogens is 1. The predicted octanol–water partition coefficient (Wildman–Crippen LogP) is 3.67. The van der Waals surface area contributed by atoms with Gasteiger partial charge in [-0.2, -0.15) is 4.31 Å². The molecule has 2 aromatic heterocycles. The van der Waals surface area contributed by atoms with Gasteiger partial charge in [-0.1, -0.05) is 12.5 Å². The highest BCUT2D eigenvalue weighted by Crippen LogP contribution is 2.35. The number of piperidine rings is 1. The van der Waals surface area contributed by atoms with Crippen molar-refractivity contribution in [3.05, 3.63) is 72.4 Å². The van der Waals surface area contributed by atoms with Crippen LogP contribution >= 0.6 is 0 Å². The summed E-state index contributed by atoms with van der Waals surface area (Å²) in [5.74, 6) is 0.482. The lowest BCUT2D eigenvalue weighted by molar-refractivity contribution is 0.251. The normalized spacial score (nSPS) is 17.8. The van der Waals surface area contributed by atoms with Crippen LogP contribution in [-0.2, 0) is 10.0 Å². The molecule has 1 saturated heterocycles. The van der Waals surface area contributed by atoms with Crippen LogP contribution in [0, 0.1) is 5.82 Å². The largest absolute Gasteiger partial charge is 0.309 e. The van der Waals surface area contributed by atoms with E-state index in [1.165, 1.54) is 16.4 Å². The third kappa shape index (κ3) is 4.25. The lowest BCUT2D eigenvalue weighted by Crippen LogP contribution is -2.38. The van der Waals surface area contributed by atoms with Gasteiger partial charge < -0.3 is 5.32 Å². The van der Waals surface area contributed by atoms with Gasteiger partial charge in [-0.25, -0.2) is 27.8 Å². The van der Waals surface area contributed by atoms with Crippen LogP contribution in [-0.4, -0.2) is 34.2 Å². The molecule has 1 atom stereocenters. The summed E-state index contributed by atoms with van der Waals surface area (Å²) >= 11 is 0. The van der Waals surface area contributed by atoms with Gasteiger partial charge in [0.15, 0.2) is 0 Å². The van der Waals surface area contributed by atoms with Crippen molar-refractivity contribution in [1.29, 1.82) is 0 Å². The molecule has 29 heavy (non-hydrogen) atoms. The van der Waals surface area contributed by atoms with E-state index in [0.717, 1.165) is 25.0 Å². The van der Waals surface area contributed by atoms with Gasteiger partial charge in [0.05, 0.1) is 16.6 Å². The monoisotopic (exact) mass is 413 g/mol. The zero-order valence-corrected chi connectivity index (χ0v) is 16.4. The molecule has 0 saturated carbocycles. The van der Waals surface area contributed by atoms with E-state index in [0.29, 0.717) is 30.4 Å². The molecule has 4 rings (SSSR count). The highest BCUT2D eigenvalue weighted by atomic mass is 32.2. The Balaban J connectivity index is 1.64. The van der Waals surface area contributed by atoms with Crippen LogP contribution in [0.1, 0.15) is 31.0 Å². The Hall–Kier alpha value is -2.91. The van der Waals surface area contributed by atoms with Crippen LogP contribution in [0.4, 0.5) is 16.2 Å². The van der Waals surface area contributed by atoms with E-state index < -0.39 is 21.9 Å². The summed E-state index contributed by atoms with van der Waals surface area (Å²) in [6.07, 6.45) is 5.57. The first-order chi connectivity index (χ1) is 14.0. The van der Waals surface area contributed by atoms with E-state index in [9.17, 15) is 12.8 Å². The quantitative estimate of drug-likeness (QED) is 0.687. The summed E-state index contributed by atoms with van der Waals surface area (Å²) in [6, 6.07) is 11.7. The van der Waals surface area contributed by atoms with Crippen molar-refractivity contribution in [3.8, 4) is 0 Å².